The van der Waals surface area contributed by atoms with Crippen molar-refractivity contribution >= 4 is 23.3 Å². The molecular weight excluding hydrogens is 362 g/mol. The van der Waals surface area contributed by atoms with Gasteiger partial charge < -0.3 is 15.4 Å². The first-order valence-electron chi connectivity index (χ1n) is 8.93. The van der Waals surface area contributed by atoms with Crippen molar-refractivity contribution in [3.63, 3.8) is 0 Å². The SMILES string of the molecule is CCC[C@@H](NC(=O)COC(=O)c1ccc(NC)c([N+](=O)[O-])c1)c1ccccc1. The molecule has 8 nitrogen and oxygen atoms in total. The van der Waals surface area contributed by atoms with Crippen LogP contribution in [0.5, 0.6) is 0 Å². The first-order valence-corrected chi connectivity index (χ1v) is 8.93. The Bertz CT molecular complexity index is 839. The van der Waals surface area contributed by atoms with Crippen molar-refractivity contribution in [3.8, 4) is 0 Å². The predicted molar refractivity (Wildman–Crippen MR) is 105 cm³/mol. The minimum absolute atomic E-state index is 0.00617. The molecule has 8 heteroatoms. The lowest BCUT2D eigenvalue weighted by Crippen LogP contribution is -2.32. The van der Waals surface area contributed by atoms with E-state index in [2.05, 4.69) is 10.6 Å². The van der Waals surface area contributed by atoms with Crippen LogP contribution >= 0.6 is 0 Å². The van der Waals surface area contributed by atoms with E-state index >= 15 is 0 Å². The van der Waals surface area contributed by atoms with E-state index in [0.29, 0.717) is 0 Å². The zero-order valence-corrected chi connectivity index (χ0v) is 15.8. The van der Waals surface area contributed by atoms with E-state index in [1.807, 2.05) is 37.3 Å². The van der Waals surface area contributed by atoms with Crippen LogP contribution in [0.4, 0.5) is 11.4 Å². The molecule has 0 aliphatic heterocycles. The number of nitro groups is 1. The lowest BCUT2D eigenvalue weighted by atomic mass is 10.0. The zero-order chi connectivity index (χ0) is 20.5. The van der Waals surface area contributed by atoms with E-state index in [9.17, 15) is 19.7 Å². The summed E-state index contributed by atoms with van der Waals surface area (Å²) in [6.07, 6.45) is 1.63. The number of ether oxygens (including phenoxy) is 1. The molecule has 0 aliphatic rings. The summed E-state index contributed by atoms with van der Waals surface area (Å²) in [5, 5.41) is 16.6. The van der Waals surface area contributed by atoms with E-state index in [1.165, 1.54) is 12.1 Å². The molecule has 2 aromatic rings. The number of anilines is 1. The van der Waals surface area contributed by atoms with Crippen molar-refractivity contribution < 1.29 is 19.2 Å². The molecular formula is C20H23N3O5. The van der Waals surface area contributed by atoms with Crippen molar-refractivity contribution in [1.82, 2.24) is 5.32 Å². The second-order valence-electron chi connectivity index (χ2n) is 6.13. The fourth-order valence-electron chi connectivity index (χ4n) is 2.77. The molecule has 2 rings (SSSR count). The number of benzene rings is 2. The molecule has 0 aliphatic carbocycles. The van der Waals surface area contributed by atoms with Gasteiger partial charge in [-0.2, -0.15) is 0 Å². The van der Waals surface area contributed by atoms with Gasteiger partial charge in [-0.25, -0.2) is 4.79 Å². The summed E-state index contributed by atoms with van der Waals surface area (Å²) in [7, 11) is 1.55. The van der Waals surface area contributed by atoms with Crippen molar-refractivity contribution in [2.75, 3.05) is 19.0 Å². The topological polar surface area (TPSA) is 111 Å². The molecule has 1 amide bonds. The zero-order valence-electron chi connectivity index (χ0n) is 15.8. The summed E-state index contributed by atoms with van der Waals surface area (Å²) < 4.78 is 5.02. The van der Waals surface area contributed by atoms with Crippen LogP contribution in [0.1, 0.15) is 41.7 Å². The Kier molecular flexibility index (Phi) is 7.50. The maximum Gasteiger partial charge on any atom is 0.338 e. The third kappa shape index (κ3) is 5.54. The summed E-state index contributed by atoms with van der Waals surface area (Å²) in [5.41, 5.74) is 1.02. The number of carbonyl (C=O) groups is 2. The van der Waals surface area contributed by atoms with Crippen LogP contribution in [0.15, 0.2) is 48.5 Å². The van der Waals surface area contributed by atoms with Gasteiger partial charge in [0, 0.05) is 13.1 Å². The number of nitro benzene ring substituents is 1. The number of nitrogens with zero attached hydrogens (tertiary/aromatic N) is 1. The van der Waals surface area contributed by atoms with Gasteiger partial charge in [-0.3, -0.25) is 14.9 Å². The standard InChI is InChI=1S/C20H23N3O5/c1-3-7-16(14-8-5-4-6-9-14)22-19(24)13-28-20(25)15-10-11-17(21-2)18(12-15)23(26)27/h4-6,8-12,16,21H,3,7,13H2,1-2H3,(H,22,24)/t16-/m1/s1. The lowest BCUT2D eigenvalue weighted by molar-refractivity contribution is -0.384. The highest BCUT2D eigenvalue weighted by Crippen LogP contribution is 2.25. The van der Waals surface area contributed by atoms with Gasteiger partial charge in [0.2, 0.25) is 0 Å². The van der Waals surface area contributed by atoms with E-state index in [-0.39, 0.29) is 23.0 Å². The number of nitrogens with one attached hydrogen (secondary N) is 2. The highest BCUT2D eigenvalue weighted by Gasteiger charge is 2.19. The molecule has 0 spiro atoms. The Balaban J connectivity index is 1.99. The van der Waals surface area contributed by atoms with Crippen LogP contribution in [0.3, 0.4) is 0 Å². The van der Waals surface area contributed by atoms with Crippen LogP contribution in [-0.2, 0) is 9.53 Å². The van der Waals surface area contributed by atoms with Crippen molar-refractivity contribution in [2.24, 2.45) is 0 Å². The maximum atomic E-state index is 12.2. The van der Waals surface area contributed by atoms with E-state index in [4.69, 9.17) is 4.74 Å². The average molecular weight is 385 g/mol. The van der Waals surface area contributed by atoms with Crippen LogP contribution in [0, 0.1) is 10.1 Å². The molecule has 2 aromatic carbocycles. The minimum atomic E-state index is -0.798. The van der Waals surface area contributed by atoms with Gasteiger partial charge in [-0.1, -0.05) is 43.7 Å². The normalized spacial score (nSPS) is 11.4. The maximum absolute atomic E-state index is 12.2. The first kappa shape index (κ1) is 20.9. The molecule has 0 aromatic heterocycles. The second kappa shape index (κ2) is 10.1. The van der Waals surface area contributed by atoms with Crippen molar-refractivity contribution in [3.05, 3.63) is 69.8 Å². The highest BCUT2D eigenvalue weighted by molar-refractivity contribution is 5.93. The number of rotatable bonds is 9. The average Bonchev–Trinajstić information content (AvgIpc) is 2.71. The third-order valence-corrected chi connectivity index (χ3v) is 4.15. The molecule has 0 saturated carbocycles. The smallest absolute Gasteiger partial charge is 0.338 e. The van der Waals surface area contributed by atoms with Crippen molar-refractivity contribution in [1.29, 1.82) is 0 Å². The monoisotopic (exact) mass is 385 g/mol. The molecule has 0 bridgehead atoms. The second-order valence-corrected chi connectivity index (χ2v) is 6.13. The van der Waals surface area contributed by atoms with Gasteiger partial charge in [0.25, 0.3) is 11.6 Å². The fourth-order valence-corrected chi connectivity index (χ4v) is 2.77. The third-order valence-electron chi connectivity index (χ3n) is 4.15. The Morgan fingerprint density at radius 2 is 1.89 bits per heavy atom. The lowest BCUT2D eigenvalue weighted by Gasteiger charge is -2.18. The summed E-state index contributed by atoms with van der Waals surface area (Å²) in [6.45, 7) is 1.55. The Morgan fingerprint density at radius 3 is 2.50 bits per heavy atom. The molecule has 0 radical (unpaired) electrons. The molecule has 0 saturated heterocycles. The van der Waals surface area contributed by atoms with Crippen LogP contribution < -0.4 is 10.6 Å². The van der Waals surface area contributed by atoms with Gasteiger partial charge in [0.1, 0.15) is 5.69 Å². The van der Waals surface area contributed by atoms with Gasteiger partial charge in [-0.15, -0.1) is 0 Å². The largest absolute Gasteiger partial charge is 0.452 e. The minimum Gasteiger partial charge on any atom is -0.452 e. The first-order chi connectivity index (χ1) is 13.5. The summed E-state index contributed by atoms with van der Waals surface area (Å²) in [6, 6.07) is 13.3. The number of carbonyl (C=O) groups excluding carboxylic acids is 2. The summed E-state index contributed by atoms with van der Waals surface area (Å²) >= 11 is 0. The number of amides is 1. The molecule has 1 atom stereocenters. The molecule has 0 unspecified atom stereocenters. The van der Waals surface area contributed by atoms with E-state index in [0.717, 1.165) is 24.5 Å². The Hall–Kier alpha value is -3.42. The van der Waals surface area contributed by atoms with E-state index < -0.39 is 23.4 Å². The summed E-state index contributed by atoms with van der Waals surface area (Å²) in [4.78, 5) is 34.9. The Morgan fingerprint density at radius 1 is 1.18 bits per heavy atom. The van der Waals surface area contributed by atoms with Gasteiger partial charge in [-0.05, 0) is 24.1 Å². The molecule has 0 fully saturated rings. The quantitative estimate of drug-likeness (QED) is 0.389. The molecule has 0 heterocycles. The predicted octanol–water partition coefficient (Wildman–Crippen LogP) is 3.45. The van der Waals surface area contributed by atoms with Crippen LogP contribution in [-0.4, -0.2) is 30.5 Å². The van der Waals surface area contributed by atoms with Crippen LogP contribution in [0.25, 0.3) is 0 Å². The summed E-state index contributed by atoms with van der Waals surface area (Å²) in [5.74, 6) is -1.23. The fraction of sp³-hybridized carbons (Fsp3) is 0.300. The van der Waals surface area contributed by atoms with Gasteiger partial charge in [0.05, 0.1) is 16.5 Å². The molecule has 148 valence electrons. The molecule has 28 heavy (non-hydrogen) atoms. The number of hydrogen-bond donors (Lipinski definition) is 2. The highest BCUT2D eigenvalue weighted by atomic mass is 16.6. The van der Waals surface area contributed by atoms with Crippen molar-refractivity contribution in [2.45, 2.75) is 25.8 Å². The van der Waals surface area contributed by atoms with Gasteiger partial charge >= 0.3 is 5.97 Å². The van der Waals surface area contributed by atoms with E-state index in [1.54, 1.807) is 7.05 Å². The number of esters is 1. The van der Waals surface area contributed by atoms with Crippen LogP contribution in [0.2, 0.25) is 0 Å². The molecule has 2 N–H and O–H groups in total. The number of hydrogen-bond acceptors (Lipinski definition) is 6. The van der Waals surface area contributed by atoms with Gasteiger partial charge in [0.15, 0.2) is 6.61 Å². The Labute approximate surface area is 163 Å².